The number of carbonyl (C=O) groups is 1. The van der Waals surface area contributed by atoms with E-state index in [1.54, 1.807) is 37.3 Å². The van der Waals surface area contributed by atoms with Crippen molar-refractivity contribution in [2.24, 2.45) is 0 Å². The molecule has 2 atom stereocenters. The molecule has 1 amide bonds. The summed E-state index contributed by atoms with van der Waals surface area (Å²) in [7, 11) is 3.25. The van der Waals surface area contributed by atoms with Crippen molar-refractivity contribution in [1.82, 2.24) is 9.88 Å². The minimum absolute atomic E-state index is 0.00483. The first-order valence-corrected chi connectivity index (χ1v) is 7.24. The summed E-state index contributed by atoms with van der Waals surface area (Å²) in [5.74, 6) is -0.491. The van der Waals surface area contributed by atoms with E-state index in [1.165, 1.54) is 6.07 Å². The van der Waals surface area contributed by atoms with E-state index in [9.17, 15) is 9.18 Å². The van der Waals surface area contributed by atoms with Gasteiger partial charge in [0.2, 0.25) is 0 Å². The molecule has 1 aromatic carbocycles. The minimum atomic E-state index is -0.336. The lowest BCUT2D eigenvalue weighted by molar-refractivity contribution is 0.0607. The number of hydrogen-bond donors (Lipinski definition) is 1. The van der Waals surface area contributed by atoms with Crippen LogP contribution in [-0.4, -0.2) is 55.3 Å². The van der Waals surface area contributed by atoms with Gasteiger partial charge in [0.15, 0.2) is 0 Å². The molecular formula is C16H19FN2O3. The zero-order valence-electron chi connectivity index (χ0n) is 12.6. The number of likely N-dealkylation sites (tertiary alicyclic amines) is 1. The summed E-state index contributed by atoms with van der Waals surface area (Å²) in [4.78, 5) is 17.5. The van der Waals surface area contributed by atoms with E-state index in [0.29, 0.717) is 29.7 Å². The Hall–Kier alpha value is -1.92. The highest BCUT2D eigenvalue weighted by atomic mass is 19.1. The molecule has 2 aromatic rings. The third kappa shape index (κ3) is 2.60. The number of hydrogen-bond acceptors (Lipinski definition) is 3. The molecule has 6 heteroatoms. The molecule has 0 aliphatic carbocycles. The number of aromatic amines is 1. The van der Waals surface area contributed by atoms with Gasteiger partial charge in [0.25, 0.3) is 5.91 Å². The second kappa shape index (κ2) is 6.06. The highest BCUT2D eigenvalue weighted by Crippen LogP contribution is 2.25. The number of benzene rings is 1. The van der Waals surface area contributed by atoms with Gasteiger partial charge < -0.3 is 19.4 Å². The van der Waals surface area contributed by atoms with Crippen LogP contribution in [0.5, 0.6) is 0 Å². The van der Waals surface area contributed by atoms with Gasteiger partial charge >= 0.3 is 0 Å². The van der Waals surface area contributed by atoms with Crippen LogP contribution < -0.4 is 0 Å². The molecule has 1 N–H and O–H groups in total. The number of halogens is 1. The smallest absolute Gasteiger partial charge is 0.270 e. The molecular weight excluding hydrogens is 287 g/mol. The van der Waals surface area contributed by atoms with E-state index < -0.39 is 0 Å². The monoisotopic (exact) mass is 306 g/mol. The SMILES string of the molecule is COC[C@@H]1C[C@H](OC)CN1C(=O)c1cc2c(F)cccc2[nH]1. The fraction of sp³-hybridized carbons (Fsp3) is 0.438. The van der Waals surface area contributed by atoms with Gasteiger partial charge in [0.05, 0.1) is 18.8 Å². The van der Waals surface area contributed by atoms with Crippen LogP contribution in [0.3, 0.4) is 0 Å². The van der Waals surface area contributed by atoms with E-state index >= 15 is 0 Å². The summed E-state index contributed by atoms with van der Waals surface area (Å²) < 4.78 is 24.3. The van der Waals surface area contributed by atoms with Crippen molar-refractivity contribution in [1.29, 1.82) is 0 Å². The first-order valence-electron chi connectivity index (χ1n) is 7.24. The average molecular weight is 306 g/mol. The van der Waals surface area contributed by atoms with Crippen molar-refractivity contribution >= 4 is 16.8 Å². The molecule has 0 unspecified atom stereocenters. The largest absolute Gasteiger partial charge is 0.383 e. The summed E-state index contributed by atoms with van der Waals surface area (Å²) >= 11 is 0. The Bertz CT molecular complexity index is 685. The molecule has 118 valence electrons. The number of ether oxygens (including phenoxy) is 2. The van der Waals surface area contributed by atoms with Crippen molar-refractivity contribution in [2.75, 3.05) is 27.4 Å². The molecule has 1 aromatic heterocycles. The molecule has 5 nitrogen and oxygen atoms in total. The summed E-state index contributed by atoms with van der Waals surface area (Å²) in [6, 6.07) is 6.29. The second-order valence-corrected chi connectivity index (χ2v) is 5.54. The Balaban J connectivity index is 1.89. The van der Waals surface area contributed by atoms with Gasteiger partial charge in [-0.1, -0.05) is 6.07 Å². The average Bonchev–Trinajstić information content (AvgIpc) is 3.12. The number of rotatable bonds is 4. The molecule has 0 bridgehead atoms. The second-order valence-electron chi connectivity index (χ2n) is 5.54. The zero-order valence-corrected chi connectivity index (χ0v) is 12.6. The first-order chi connectivity index (χ1) is 10.6. The van der Waals surface area contributed by atoms with Crippen molar-refractivity contribution in [3.8, 4) is 0 Å². The van der Waals surface area contributed by atoms with Crippen molar-refractivity contribution in [2.45, 2.75) is 18.6 Å². The van der Waals surface area contributed by atoms with Gasteiger partial charge in [-0.25, -0.2) is 4.39 Å². The fourth-order valence-electron chi connectivity index (χ4n) is 3.03. The maximum absolute atomic E-state index is 13.8. The highest BCUT2D eigenvalue weighted by Gasteiger charge is 2.36. The molecule has 0 spiro atoms. The number of amides is 1. The van der Waals surface area contributed by atoms with E-state index in [-0.39, 0.29) is 23.9 Å². The number of fused-ring (bicyclic) bond motifs is 1. The van der Waals surface area contributed by atoms with Crippen molar-refractivity contribution < 1.29 is 18.7 Å². The van der Waals surface area contributed by atoms with Crippen molar-refractivity contribution in [3.63, 3.8) is 0 Å². The Morgan fingerprint density at radius 2 is 2.27 bits per heavy atom. The zero-order chi connectivity index (χ0) is 15.7. The van der Waals surface area contributed by atoms with E-state index in [2.05, 4.69) is 4.98 Å². The van der Waals surface area contributed by atoms with Crippen LogP contribution >= 0.6 is 0 Å². The number of nitrogens with one attached hydrogen (secondary N) is 1. The summed E-state index contributed by atoms with van der Waals surface area (Å²) in [6.07, 6.45) is 0.746. The van der Waals surface area contributed by atoms with Gasteiger partial charge in [-0.3, -0.25) is 4.79 Å². The normalized spacial score (nSPS) is 21.7. The van der Waals surface area contributed by atoms with Crippen LogP contribution in [0.2, 0.25) is 0 Å². The molecule has 1 aliphatic rings. The third-order valence-electron chi connectivity index (χ3n) is 4.17. The predicted octanol–water partition coefficient (Wildman–Crippen LogP) is 2.18. The molecule has 0 saturated carbocycles. The lowest BCUT2D eigenvalue weighted by atomic mass is 10.2. The maximum atomic E-state index is 13.8. The third-order valence-corrected chi connectivity index (χ3v) is 4.17. The number of nitrogens with zero attached hydrogens (tertiary/aromatic N) is 1. The summed E-state index contributed by atoms with van der Waals surface area (Å²) in [5.41, 5.74) is 1.01. The van der Waals surface area contributed by atoms with Gasteiger partial charge in [0.1, 0.15) is 11.5 Å². The van der Waals surface area contributed by atoms with Gasteiger partial charge in [-0.15, -0.1) is 0 Å². The lowest BCUT2D eigenvalue weighted by Gasteiger charge is -2.23. The Morgan fingerprint density at radius 3 is 2.95 bits per heavy atom. The molecule has 1 aliphatic heterocycles. The molecule has 0 radical (unpaired) electrons. The standard InChI is InChI=1S/C16H19FN2O3/c1-21-9-10-6-11(22-2)8-19(10)16(20)15-7-12-13(17)4-3-5-14(12)18-15/h3-5,7,10-11,18H,6,8-9H2,1-2H3/t10-,11-/m0/s1. The summed E-state index contributed by atoms with van der Waals surface area (Å²) in [6.45, 7) is 0.974. The van der Waals surface area contributed by atoms with Crippen LogP contribution in [0.25, 0.3) is 10.9 Å². The molecule has 2 heterocycles. The number of H-pyrrole nitrogens is 1. The van der Waals surface area contributed by atoms with Crippen LogP contribution in [-0.2, 0) is 9.47 Å². The Morgan fingerprint density at radius 1 is 1.45 bits per heavy atom. The highest BCUT2D eigenvalue weighted by molar-refractivity contribution is 5.98. The van der Waals surface area contributed by atoms with Crippen LogP contribution in [0, 0.1) is 5.82 Å². The summed E-state index contributed by atoms with van der Waals surface area (Å²) in [5, 5.41) is 0.427. The van der Waals surface area contributed by atoms with Gasteiger partial charge in [-0.05, 0) is 24.6 Å². The van der Waals surface area contributed by atoms with E-state index in [0.717, 1.165) is 6.42 Å². The van der Waals surface area contributed by atoms with Gasteiger partial charge in [-0.2, -0.15) is 0 Å². The topological polar surface area (TPSA) is 54.6 Å². The number of carbonyl (C=O) groups excluding carboxylic acids is 1. The lowest BCUT2D eigenvalue weighted by Crippen LogP contribution is -2.38. The van der Waals surface area contributed by atoms with Gasteiger partial charge in [0, 0.05) is 31.7 Å². The molecule has 1 saturated heterocycles. The number of aromatic nitrogens is 1. The molecule has 1 fully saturated rings. The number of methoxy groups -OCH3 is 2. The molecule has 22 heavy (non-hydrogen) atoms. The van der Waals surface area contributed by atoms with E-state index in [1.807, 2.05) is 0 Å². The first kappa shape index (κ1) is 15.0. The quantitative estimate of drug-likeness (QED) is 0.942. The predicted molar refractivity (Wildman–Crippen MR) is 80.4 cm³/mol. The Labute approximate surface area is 128 Å². The van der Waals surface area contributed by atoms with Crippen LogP contribution in [0.4, 0.5) is 4.39 Å². The van der Waals surface area contributed by atoms with Crippen LogP contribution in [0.1, 0.15) is 16.9 Å². The molecule has 3 rings (SSSR count). The maximum Gasteiger partial charge on any atom is 0.270 e. The fourth-order valence-corrected chi connectivity index (χ4v) is 3.03. The van der Waals surface area contributed by atoms with Crippen molar-refractivity contribution in [3.05, 3.63) is 35.8 Å². The van der Waals surface area contributed by atoms with E-state index in [4.69, 9.17) is 9.47 Å². The van der Waals surface area contributed by atoms with Crippen LogP contribution in [0.15, 0.2) is 24.3 Å². The Kier molecular flexibility index (Phi) is 4.13. The minimum Gasteiger partial charge on any atom is -0.383 e.